The number of methoxy groups -OCH3 is 1. The molecule has 12 heavy (non-hydrogen) atoms. The van der Waals surface area contributed by atoms with Gasteiger partial charge < -0.3 is 4.74 Å². The first kappa shape index (κ1) is 11.0. The number of rotatable bonds is 1. The first-order valence-electron chi connectivity index (χ1n) is 2.94. The van der Waals surface area contributed by atoms with E-state index in [-0.39, 0.29) is 10.4 Å². The molecule has 0 spiro atoms. The van der Waals surface area contributed by atoms with Crippen LogP contribution in [0, 0.1) is 5.82 Å². The zero-order valence-electron chi connectivity index (χ0n) is 6.33. The van der Waals surface area contributed by atoms with Crippen molar-refractivity contribution < 1.29 is 13.9 Å². The third-order valence-electron chi connectivity index (χ3n) is 0.810. The highest BCUT2D eigenvalue weighted by Crippen LogP contribution is 2.08. The fourth-order valence-electron chi connectivity index (χ4n) is 0.366. The van der Waals surface area contributed by atoms with Crippen LogP contribution in [0.4, 0.5) is 4.39 Å². The van der Waals surface area contributed by atoms with Crippen LogP contribution in [0.15, 0.2) is 22.9 Å². The maximum Gasteiger partial charge on any atom is 0.292 e. The van der Waals surface area contributed by atoms with Gasteiger partial charge in [0.2, 0.25) is 0 Å². The summed E-state index contributed by atoms with van der Waals surface area (Å²) in [5.74, 6) is -0.326. The van der Waals surface area contributed by atoms with E-state index in [2.05, 4.69) is 25.7 Å². The second kappa shape index (κ2) is 6.72. The quantitative estimate of drug-likeness (QED) is 0.551. The largest absolute Gasteiger partial charge is 0.471 e. The fraction of sp³-hybridized carbons (Fsp3) is 0.143. The number of carbonyl (C=O) groups excluding carboxylic acids is 1. The Balaban J connectivity index is 0.000000261. The summed E-state index contributed by atoms with van der Waals surface area (Å²) in [5, 5.41) is 0. The summed E-state index contributed by atoms with van der Waals surface area (Å²) in [6.45, 7) is 0.375. The van der Waals surface area contributed by atoms with Gasteiger partial charge in [-0.25, -0.2) is 9.37 Å². The normalized spacial score (nSPS) is 7.92. The van der Waals surface area contributed by atoms with Crippen molar-refractivity contribution in [3.8, 4) is 0 Å². The van der Waals surface area contributed by atoms with E-state index in [0.29, 0.717) is 6.47 Å². The Morgan fingerprint density at radius 2 is 2.33 bits per heavy atom. The molecular weight excluding hydrogens is 229 g/mol. The Bertz CT molecular complexity index is 224. The second-order valence-electron chi connectivity index (χ2n) is 1.61. The van der Waals surface area contributed by atoms with E-state index >= 15 is 0 Å². The Hall–Kier alpha value is -0.970. The first-order chi connectivity index (χ1) is 5.72. The van der Waals surface area contributed by atoms with Gasteiger partial charge in [0.1, 0.15) is 4.60 Å². The van der Waals surface area contributed by atoms with E-state index in [9.17, 15) is 4.39 Å². The van der Waals surface area contributed by atoms with Crippen LogP contribution in [-0.2, 0) is 9.53 Å². The van der Waals surface area contributed by atoms with Crippen molar-refractivity contribution in [1.29, 1.82) is 0 Å². The lowest BCUT2D eigenvalue weighted by atomic mass is 10.5. The van der Waals surface area contributed by atoms with Crippen molar-refractivity contribution in [1.82, 2.24) is 4.98 Å². The maximum atomic E-state index is 12.2. The Morgan fingerprint density at radius 3 is 2.58 bits per heavy atom. The van der Waals surface area contributed by atoms with Gasteiger partial charge in [0, 0.05) is 6.20 Å². The van der Waals surface area contributed by atoms with Crippen molar-refractivity contribution in [3.05, 3.63) is 28.7 Å². The lowest BCUT2D eigenvalue weighted by Crippen LogP contribution is -1.77. The molecule has 0 aliphatic heterocycles. The fourth-order valence-corrected chi connectivity index (χ4v) is 0.617. The number of halogens is 2. The molecule has 1 heterocycles. The molecule has 3 nitrogen and oxygen atoms in total. The van der Waals surface area contributed by atoms with Crippen LogP contribution in [0.3, 0.4) is 0 Å². The van der Waals surface area contributed by atoms with Crippen LogP contribution in [0.2, 0.25) is 0 Å². The maximum absolute atomic E-state index is 12.2. The number of pyridine rings is 1. The van der Waals surface area contributed by atoms with E-state index in [4.69, 9.17) is 4.79 Å². The first-order valence-corrected chi connectivity index (χ1v) is 3.74. The van der Waals surface area contributed by atoms with Gasteiger partial charge in [0.05, 0.1) is 7.11 Å². The third kappa shape index (κ3) is 4.79. The number of aromatic nitrogens is 1. The summed E-state index contributed by atoms with van der Waals surface area (Å²) in [4.78, 5) is 12.6. The molecule has 0 aliphatic carbocycles. The molecule has 0 radical (unpaired) electrons. The zero-order valence-corrected chi connectivity index (χ0v) is 7.92. The number of carbonyl (C=O) groups is 1. The molecule has 0 bridgehead atoms. The SMILES string of the molecule is COC=O.Fc1cccnc1Br. The molecule has 1 rings (SSSR count). The Kier molecular flexibility index (Phi) is 6.18. The van der Waals surface area contributed by atoms with E-state index in [1.807, 2.05) is 0 Å². The minimum absolute atomic E-state index is 0.264. The van der Waals surface area contributed by atoms with Crippen molar-refractivity contribution in [2.75, 3.05) is 7.11 Å². The molecule has 66 valence electrons. The predicted octanol–water partition coefficient (Wildman–Crippen LogP) is 1.77. The van der Waals surface area contributed by atoms with E-state index in [1.165, 1.54) is 19.4 Å². The molecule has 0 fully saturated rings. The van der Waals surface area contributed by atoms with Gasteiger partial charge >= 0.3 is 0 Å². The molecule has 1 aromatic rings. The lowest BCUT2D eigenvalue weighted by molar-refractivity contribution is -0.126. The second-order valence-corrected chi connectivity index (χ2v) is 2.36. The van der Waals surface area contributed by atoms with Crippen LogP contribution in [0.25, 0.3) is 0 Å². The Morgan fingerprint density at radius 1 is 1.75 bits per heavy atom. The molecule has 0 atom stereocenters. The van der Waals surface area contributed by atoms with E-state index < -0.39 is 0 Å². The van der Waals surface area contributed by atoms with Crippen molar-refractivity contribution in [2.45, 2.75) is 0 Å². The van der Waals surface area contributed by atoms with Gasteiger partial charge in [0.15, 0.2) is 5.82 Å². The molecule has 0 N–H and O–H groups in total. The highest BCUT2D eigenvalue weighted by molar-refractivity contribution is 9.10. The van der Waals surface area contributed by atoms with Gasteiger partial charge in [-0.05, 0) is 28.1 Å². The van der Waals surface area contributed by atoms with Gasteiger partial charge in [-0.2, -0.15) is 0 Å². The van der Waals surface area contributed by atoms with Crippen LogP contribution in [-0.4, -0.2) is 18.6 Å². The lowest BCUT2D eigenvalue weighted by Gasteiger charge is -1.86. The third-order valence-corrected chi connectivity index (χ3v) is 1.39. The monoisotopic (exact) mass is 235 g/mol. The smallest absolute Gasteiger partial charge is 0.292 e. The topological polar surface area (TPSA) is 39.2 Å². The number of nitrogens with zero attached hydrogens (tertiary/aromatic N) is 1. The van der Waals surface area contributed by atoms with E-state index in [0.717, 1.165) is 0 Å². The molecule has 0 aromatic carbocycles. The average molecular weight is 236 g/mol. The number of ether oxygens (including phenoxy) is 1. The minimum atomic E-state index is -0.326. The molecular formula is C7H7BrFNO2. The highest BCUT2D eigenvalue weighted by atomic mass is 79.9. The van der Waals surface area contributed by atoms with Gasteiger partial charge in [0.25, 0.3) is 6.47 Å². The Labute approximate surface area is 77.7 Å². The molecule has 0 saturated heterocycles. The van der Waals surface area contributed by atoms with Gasteiger partial charge in [-0.1, -0.05) is 0 Å². The van der Waals surface area contributed by atoms with Crippen LogP contribution in [0.1, 0.15) is 0 Å². The highest BCUT2D eigenvalue weighted by Gasteiger charge is 1.92. The molecule has 5 heteroatoms. The standard InChI is InChI=1S/C5H3BrFN.C2H4O2/c6-5-4(7)2-1-3-8-5;1-4-2-3/h1-3H;2H,1H3. The van der Waals surface area contributed by atoms with Crippen molar-refractivity contribution >= 4 is 22.4 Å². The molecule has 0 amide bonds. The average Bonchev–Trinajstić information content (AvgIpc) is 2.11. The molecule has 0 aliphatic rings. The molecule has 0 unspecified atom stereocenters. The molecule has 0 saturated carbocycles. The zero-order chi connectivity index (χ0) is 9.40. The summed E-state index contributed by atoms with van der Waals surface area (Å²) < 4.78 is 16.3. The van der Waals surface area contributed by atoms with E-state index in [1.54, 1.807) is 6.07 Å². The van der Waals surface area contributed by atoms with Crippen LogP contribution < -0.4 is 0 Å². The summed E-state index contributed by atoms with van der Waals surface area (Å²) in [6.07, 6.45) is 1.52. The minimum Gasteiger partial charge on any atom is -0.471 e. The van der Waals surface area contributed by atoms with Crippen molar-refractivity contribution in [2.24, 2.45) is 0 Å². The summed E-state index contributed by atoms with van der Waals surface area (Å²) >= 11 is 2.91. The van der Waals surface area contributed by atoms with Crippen molar-refractivity contribution in [3.63, 3.8) is 0 Å². The number of hydrogen-bond donors (Lipinski definition) is 0. The van der Waals surface area contributed by atoms with Crippen LogP contribution in [0.5, 0.6) is 0 Å². The van der Waals surface area contributed by atoms with Gasteiger partial charge in [-0.3, -0.25) is 4.79 Å². The number of hydrogen-bond acceptors (Lipinski definition) is 3. The molecule has 1 aromatic heterocycles. The van der Waals surface area contributed by atoms with Crippen LogP contribution >= 0.6 is 15.9 Å². The summed E-state index contributed by atoms with van der Waals surface area (Å²) in [7, 11) is 1.31. The predicted molar refractivity (Wildman–Crippen MR) is 45.0 cm³/mol. The summed E-state index contributed by atoms with van der Waals surface area (Å²) in [5.41, 5.74) is 0. The van der Waals surface area contributed by atoms with Gasteiger partial charge in [-0.15, -0.1) is 0 Å². The summed E-state index contributed by atoms with van der Waals surface area (Å²) in [6, 6.07) is 2.89.